The van der Waals surface area contributed by atoms with Crippen LogP contribution in [0.3, 0.4) is 0 Å². The minimum atomic E-state index is -0.563. The van der Waals surface area contributed by atoms with Gasteiger partial charge in [0.15, 0.2) is 0 Å². The monoisotopic (exact) mass is 384 g/mol. The maximum atomic E-state index is 12.6. The number of benzene rings is 1. The summed E-state index contributed by atoms with van der Waals surface area (Å²) >= 11 is 0. The Balaban J connectivity index is 1.30. The number of anilines is 2. The molecule has 6 heteroatoms. The van der Waals surface area contributed by atoms with Crippen molar-refractivity contribution in [3.8, 4) is 0 Å². The Labute approximate surface area is 167 Å². The van der Waals surface area contributed by atoms with E-state index < -0.39 is 6.04 Å². The van der Waals surface area contributed by atoms with E-state index in [0.717, 1.165) is 37.3 Å². The Morgan fingerprint density at radius 1 is 1.14 bits per heavy atom. The maximum absolute atomic E-state index is 12.6. The fourth-order valence-corrected chi connectivity index (χ4v) is 4.91. The minimum Gasteiger partial charge on any atom is -0.371 e. The van der Waals surface area contributed by atoms with Crippen LogP contribution in [-0.2, 0) is 9.59 Å². The van der Waals surface area contributed by atoms with Crippen molar-refractivity contribution >= 4 is 23.2 Å². The lowest BCUT2D eigenvalue weighted by atomic mass is 9.85. The van der Waals surface area contributed by atoms with Crippen molar-refractivity contribution in [1.29, 1.82) is 0 Å². The molecule has 3 fully saturated rings. The van der Waals surface area contributed by atoms with Crippen molar-refractivity contribution in [1.82, 2.24) is 10.6 Å². The van der Waals surface area contributed by atoms with E-state index in [0.29, 0.717) is 12.0 Å². The zero-order chi connectivity index (χ0) is 19.5. The normalized spacial score (nSPS) is 27.9. The first-order valence-corrected chi connectivity index (χ1v) is 10.8. The van der Waals surface area contributed by atoms with E-state index in [-0.39, 0.29) is 17.9 Å². The zero-order valence-corrected chi connectivity index (χ0v) is 16.7. The van der Waals surface area contributed by atoms with Gasteiger partial charge in [0.2, 0.25) is 11.8 Å². The number of amides is 2. The molecule has 0 spiro atoms. The van der Waals surface area contributed by atoms with Gasteiger partial charge in [0.25, 0.3) is 0 Å². The molecule has 3 N–H and O–H groups in total. The molecule has 1 aromatic carbocycles. The number of hydrogen-bond acceptors (Lipinski definition) is 4. The molecule has 4 rings (SSSR count). The van der Waals surface area contributed by atoms with Crippen LogP contribution in [-0.4, -0.2) is 43.0 Å². The first kappa shape index (κ1) is 19.2. The molecule has 0 radical (unpaired) electrons. The molecule has 3 aliphatic rings. The average Bonchev–Trinajstić information content (AvgIpc) is 3.38. The van der Waals surface area contributed by atoms with Gasteiger partial charge in [-0.1, -0.05) is 18.9 Å². The smallest absolute Gasteiger partial charge is 0.246 e. The molecule has 2 saturated heterocycles. The summed E-state index contributed by atoms with van der Waals surface area (Å²) < 4.78 is 0. The Hall–Kier alpha value is -2.08. The van der Waals surface area contributed by atoms with Crippen molar-refractivity contribution in [2.24, 2.45) is 5.92 Å². The predicted molar refractivity (Wildman–Crippen MR) is 111 cm³/mol. The number of hydrogen-bond donors (Lipinski definition) is 3. The summed E-state index contributed by atoms with van der Waals surface area (Å²) in [5.74, 6) is 0.382. The standard InChI is InChI=1S/C22H32N4O2/c1-15(23-22(28)20-13-16-7-2-3-10-19(16)25-20)21(27)24-17-8-6-9-18(14-17)26-11-4-5-12-26/h6,8-9,14-16,19-20,25H,2-5,7,10-13H2,1H3,(H,23,28)(H,24,27). The number of nitrogens with one attached hydrogen (secondary N) is 3. The van der Waals surface area contributed by atoms with Crippen LogP contribution < -0.4 is 20.9 Å². The van der Waals surface area contributed by atoms with E-state index in [1.807, 2.05) is 18.2 Å². The van der Waals surface area contributed by atoms with Crippen LogP contribution in [0.15, 0.2) is 24.3 Å². The second-order valence-corrected chi connectivity index (χ2v) is 8.57. The van der Waals surface area contributed by atoms with E-state index in [4.69, 9.17) is 0 Å². The van der Waals surface area contributed by atoms with Gasteiger partial charge in [-0.05, 0) is 63.1 Å². The molecule has 0 bridgehead atoms. The fourth-order valence-electron chi connectivity index (χ4n) is 4.91. The van der Waals surface area contributed by atoms with Gasteiger partial charge in [-0.25, -0.2) is 0 Å². The quantitative estimate of drug-likeness (QED) is 0.730. The van der Waals surface area contributed by atoms with Crippen LogP contribution in [0.4, 0.5) is 11.4 Å². The molecule has 6 nitrogen and oxygen atoms in total. The van der Waals surface area contributed by atoms with Crippen LogP contribution in [0, 0.1) is 5.92 Å². The number of rotatable bonds is 5. The summed E-state index contributed by atoms with van der Waals surface area (Å²) in [4.78, 5) is 27.5. The highest BCUT2D eigenvalue weighted by atomic mass is 16.2. The third kappa shape index (κ3) is 4.32. The topological polar surface area (TPSA) is 73.5 Å². The highest BCUT2D eigenvalue weighted by Crippen LogP contribution is 2.33. The lowest BCUT2D eigenvalue weighted by Crippen LogP contribution is -2.49. The van der Waals surface area contributed by atoms with Crippen LogP contribution in [0.25, 0.3) is 0 Å². The molecular formula is C22H32N4O2. The van der Waals surface area contributed by atoms with Crippen molar-refractivity contribution in [2.45, 2.75) is 70.0 Å². The second-order valence-electron chi connectivity index (χ2n) is 8.57. The van der Waals surface area contributed by atoms with E-state index in [1.54, 1.807) is 6.92 Å². The van der Waals surface area contributed by atoms with Crippen molar-refractivity contribution in [3.05, 3.63) is 24.3 Å². The molecule has 0 aromatic heterocycles. The van der Waals surface area contributed by atoms with Gasteiger partial charge in [-0.15, -0.1) is 0 Å². The second kappa shape index (κ2) is 8.52. The van der Waals surface area contributed by atoms with Crippen molar-refractivity contribution in [2.75, 3.05) is 23.3 Å². The maximum Gasteiger partial charge on any atom is 0.246 e. The molecule has 1 aromatic rings. The summed E-state index contributed by atoms with van der Waals surface area (Å²) in [5, 5.41) is 9.32. The Morgan fingerprint density at radius 2 is 1.93 bits per heavy atom. The molecule has 1 saturated carbocycles. The lowest BCUT2D eigenvalue weighted by Gasteiger charge is -2.24. The van der Waals surface area contributed by atoms with Gasteiger partial charge in [0, 0.05) is 30.5 Å². The molecule has 2 heterocycles. The summed E-state index contributed by atoms with van der Waals surface area (Å²) in [6.45, 7) is 3.89. The van der Waals surface area contributed by atoms with E-state index >= 15 is 0 Å². The highest BCUT2D eigenvalue weighted by Gasteiger charge is 2.38. The van der Waals surface area contributed by atoms with Gasteiger partial charge >= 0.3 is 0 Å². The van der Waals surface area contributed by atoms with E-state index in [1.165, 1.54) is 32.1 Å². The zero-order valence-electron chi connectivity index (χ0n) is 16.7. The Morgan fingerprint density at radius 3 is 2.71 bits per heavy atom. The average molecular weight is 385 g/mol. The van der Waals surface area contributed by atoms with Gasteiger partial charge in [-0.3, -0.25) is 9.59 Å². The highest BCUT2D eigenvalue weighted by molar-refractivity contribution is 5.97. The SMILES string of the molecule is CC(NC(=O)C1CC2CCCCC2N1)C(=O)Nc1cccc(N2CCCC2)c1. The predicted octanol–water partition coefficient (Wildman–Crippen LogP) is 2.65. The number of carbonyl (C=O) groups excluding carboxylic acids is 2. The number of carbonyl (C=O) groups is 2. The summed E-state index contributed by atoms with van der Waals surface area (Å²) in [5.41, 5.74) is 1.92. The van der Waals surface area contributed by atoms with Crippen LogP contribution in [0.5, 0.6) is 0 Å². The largest absolute Gasteiger partial charge is 0.371 e. The third-order valence-corrected chi connectivity index (χ3v) is 6.52. The van der Waals surface area contributed by atoms with E-state index in [9.17, 15) is 9.59 Å². The molecule has 2 amide bonds. The third-order valence-electron chi connectivity index (χ3n) is 6.52. The first-order valence-electron chi connectivity index (χ1n) is 10.8. The summed E-state index contributed by atoms with van der Waals surface area (Å²) in [6.07, 6.45) is 8.23. The molecule has 152 valence electrons. The van der Waals surface area contributed by atoms with Crippen molar-refractivity contribution < 1.29 is 9.59 Å². The molecular weight excluding hydrogens is 352 g/mol. The van der Waals surface area contributed by atoms with Gasteiger partial charge in [0.05, 0.1) is 6.04 Å². The number of fused-ring (bicyclic) bond motifs is 1. The molecule has 4 unspecified atom stereocenters. The molecule has 28 heavy (non-hydrogen) atoms. The summed E-state index contributed by atoms with van der Waals surface area (Å²) in [7, 11) is 0. The van der Waals surface area contributed by atoms with Crippen LogP contribution in [0.1, 0.15) is 51.9 Å². The molecule has 4 atom stereocenters. The summed E-state index contributed by atoms with van der Waals surface area (Å²) in [6, 6.07) is 7.71. The fraction of sp³-hybridized carbons (Fsp3) is 0.636. The van der Waals surface area contributed by atoms with Gasteiger partial charge in [-0.2, -0.15) is 0 Å². The van der Waals surface area contributed by atoms with Crippen LogP contribution in [0.2, 0.25) is 0 Å². The van der Waals surface area contributed by atoms with Crippen LogP contribution >= 0.6 is 0 Å². The van der Waals surface area contributed by atoms with Gasteiger partial charge in [0.1, 0.15) is 6.04 Å². The molecule has 1 aliphatic carbocycles. The van der Waals surface area contributed by atoms with E-state index in [2.05, 4.69) is 26.9 Å². The molecule has 2 aliphatic heterocycles. The Bertz CT molecular complexity index is 702. The lowest BCUT2D eigenvalue weighted by molar-refractivity contribution is -0.127. The minimum absolute atomic E-state index is 0.0529. The van der Waals surface area contributed by atoms with Gasteiger partial charge < -0.3 is 20.9 Å². The first-order chi connectivity index (χ1) is 13.6. The number of nitrogens with zero attached hydrogens (tertiary/aromatic N) is 1. The van der Waals surface area contributed by atoms with Crippen molar-refractivity contribution in [3.63, 3.8) is 0 Å². The Kier molecular flexibility index (Phi) is 5.85.